The van der Waals surface area contributed by atoms with Crippen LogP contribution in [0.15, 0.2) is 14.7 Å². The van der Waals surface area contributed by atoms with Crippen LogP contribution in [0.5, 0.6) is 0 Å². The van der Waals surface area contributed by atoms with E-state index in [1.54, 1.807) is 20.1 Å². The highest BCUT2D eigenvalue weighted by Gasteiger charge is 2.24. The van der Waals surface area contributed by atoms with Crippen molar-refractivity contribution in [2.75, 3.05) is 13.7 Å². The van der Waals surface area contributed by atoms with E-state index < -0.39 is 10.0 Å². The first-order valence-electron chi connectivity index (χ1n) is 6.45. The van der Waals surface area contributed by atoms with E-state index in [1.807, 2.05) is 0 Å². The zero-order chi connectivity index (χ0) is 14.8. The number of sulfonamides is 1. The number of methoxy groups -OCH3 is 1. The van der Waals surface area contributed by atoms with Gasteiger partial charge in [0.2, 0.25) is 10.0 Å². The first kappa shape index (κ1) is 16.4. The summed E-state index contributed by atoms with van der Waals surface area (Å²) < 4.78 is 32.8. The Bertz CT molecular complexity index is 555. The molecule has 8 heteroatoms. The van der Waals surface area contributed by atoms with Crippen molar-refractivity contribution in [1.82, 2.24) is 10.0 Å². The summed E-state index contributed by atoms with van der Waals surface area (Å²) in [6.07, 6.45) is 2.43. The van der Waals surface area contributed by atoms with Gasteiger partial charge in [-0.25, -0.2) is 13.1 Å². The lowest BCUT2D eigenvalue weighted by atomic mass is 10.4. The highest BCUT2D eigenvalue weighted by Crippen LogP contribution is 2.32. The van der Waals surface area contributed by atoms with Crippen LogP contribution in [0, 0.1) is 0 Å². The topological polar surface area (TPSA) is 67.4 Å². The van der Waals surface area contributed by atoms with Gasteiger partial charge in [0.05, 0.1) is 10.4 Å². The second-order valence-corrected chi connectivity index (χ2v) is 9.12. The number of halogens is 1. The second-order valence-electron chi connectivity index (χ2n) is 4.98. The number of hydrogen-bond acceptors (Lipinski definition) is 5. The summed E-state index contributed by atoms with van der Waals surface area (Å²) >= 11 is 4.80. The summed E-state index contributed by atoms with van der Waals surface area (Å²) in [5.41, 5.74) is 0. The zero-order valence-corrected chi connectivity index (χ0v) is 14.7. The average molecular weight is 383 g/mol. The van der Waals surface area contributed by atoms with Gasteiger partial charge in [-0.05, 0) is 41.8 Å². The molecule has 0 radical (unpaired) electrons. The van der Waals surface area contributed by atoms with Crippen molar-refractivity contribution in [1.29, 1.82) is 0 Å². The van der Waals surface area contributed by atoms with E-state index in [0.717, 1.165) is 11.4 Å². The summed E-state index contributed by atoms with van der Waals surface area (Å²) in [5, 5.41) is 3.38. The highest BCUT2D eigenvalue weighted by atomic mass is 79.9. The van der Waals surface area contributed by atoms with Gasteiger partial charge in [0, 0.05) is 30.6 Å². The standard InChI is InChI=1S/C12H19BrN2O3S2/c1-8(7-18-2)15-20(16,17)11-5-10(19-12(11)13)6-14-9-3-4-9/h5,8-9,14-15H,3-4,6-7H2,1-2H3. The largest absolute Gasteiger partial charge is 0.383 e. The van der Waals surface area contributed by atoms with E-state index in [-0.39, 0.29) is 6.04 Å². The van der Waals surface area contributed by atoms with Crippen LogP contribution in [0.1, 0.15) is 24.6 Å². The first-order valence-corrected chi connectivity index (χ1v) is 9.54. The molecule has 2 rings (SSSR count). The Morgan fingerprint density at radius 3 is 2.85 bits per heavy atom. The maximum atomic E-state index is 12.3. The fourth-order valence-corrected chi connectivity index (χ4v) is 5.67. The predicted octanol–water partition coefficient (Wildman–Crippen LogP) is 2.08. The molecule has 1 aliphatic carbocycles. The van der Waals surface area contributed by atoms with Crippen molar-refractivity contribution in [3.05, 3.63) is 14.7 Å². The van der Waals surface area contributed by atoms with E-state index in [0.29, 0.717) is 21.3 Å². The van der Waals surface area contributed by atoms with E-state index in [9.17, 15) is 8.42 Å². The molecular formula is C12H19BrN2O3S2. The normalized spacial score (nSPS) is 17.4. The van der Waals surface area contributed by atoms with Crippen molar-refractivity contribution in [3.63, 3.8) is 0 Å². The molecule has 0 bridgehead atoms. The number of ether oxygens (including phenoxy) is 1. The average Bonchev–Trinajstić information content (AvgIpc) is 3.09. The van der Waals surface area contributed by atoms with Crippen LogP contribution < -0.4 is 10.0 Å². The Balaban J connectivity index is 2.05. The van der Waals surface area contributed by atoms with Crippen LogP contribution >= 0.6 is 27.3 Å². The number of rotatable bonds is 8. The van der Waals surface area contributed by atoms with Crippen molar-refractivity contribution in [2.24, 2.45) is 0 Å². The third-order valence-corrected chi connectivity index (χ3v) is 6.75. The van der Waals surface area contributed by atoms with E-state index in [1.165, 1.54) is 24.2 Å². The van der Waals surface area contributed by atoms with E-state index in [2.05, 4.69) is 26.0 Å². The van der Waals surface area contributed by atoms with Crippen LogP contribution in [-0.4, -0.2) is 34.2 Å². The zero-order valence-electron chi connectivity index (χ0n) is 11.5. The molecule has 2 N–H and O–H groups in total. The second kappa shape index (κ2) is 6.85. The minimum Gasteiger partial charge on any atom is -0.383 e. The van der Waals surface area contributed by atoms with Gasteiger partial charge in [-0.1, -0.05) is 0 Å². The quantitative estimate of drug-likeness (QED) is 0.721. The lowest BCUT2D eigenvalue weighted by Gasteiger charge is -2.12. The molecule has 1 atom stereocenters. The predicted molar refractivity (Wildman–Crippen MR) is 83.5 cm³/mol. The molecule has 5 nitrogen and oxygen atoms in total. The van der Waals surface area contributed by atoms with E-state index >= 15 is 0 Å². The van der Waals surface area contributed by atoms with Crippen molar-refractivity contribution < 1.29 is 13.2 Å². The van der Waals surface area contributed by atoms with Crippen molar-refractivity contribution in [2.45, 2.75) is 43.3 Å². The smallest absolute Gasteiger partial charge is 0.242 e. The molecule has 1 heterocycles. The van der Waals surface area contributed by atoms with Gasteiger partial charge in [-0.15, -0.1) is 11.3 Å². The minimum atomic E-state index is -3.51. The van der Waals surface area contributed by atoms with Gasteiger partial charge < -0.3 is 10.1 Å². The molecule has 0 amide bonds. The Morgan fingerprint density at radius 2 is 2.25 bits per heavy atom. The molecule has 114 valence electrons. The summed E-state index contributed by atoms with van der Waals surface area (Å²) in [4.78, 5) is 1.32. The molecule has 1 aromatic rings. The van der Waals surface area contributed by atoms with Gasteiger partial charge in [-0.2, -0.15) is 0 Å². The molecule has 0 aromatic carbocycles. The molecule has 1 aromatic heterocycles. The van der Waals surface area contributed by atoms with Gasteiger partial charge in [0.1, 0.15) is 4.90 Å². The molecule has 0 spiro atoms. The molecule has 20 heavy (non-hydrogen) atoms. The third kappa shape index (κ3) is 4.51. The molecule has 1 aliphatic rings. The summed E-state index contributed by atoms with van der Waals surface area (Å²) in [7, 11) is -1.96. The Hall–Kier alpha value is 0.01000. The van der Waals surface area contributed by atoms with Crippen LogP contribution in [0.25, 0.3) is 0 Å². The highest BCUT2D eigenvalue weighted by molar-refractivity contribution is 9.11. The summed E-state index contributed by atoms with van der Waals surface area (Å²) in [6.45, 7) is 2.84. The van der Waals surface area contributed by atoms with Crippen molar-refractivity contribution >= 4 is 37.3 Å². The SMILES string of the molecule is COCC(C)NS(=O)(=O)c1cc(CNC2CC2)sc1Br. The fourth-order valence-electron chi connectivity index (χ4n) is 1.81. The van der Waals surface area contributed by atoms with Crippen LogP contribution in [-0.2, 0) is 21.3 Å². The fraction of sp³-hybridized carbons (Fsp3) is 0.667. The lowest BCUT2D eigenvalue weighted by Crippen LogP contribution is -2.35. The van der Waals surface area contributed by atoms with Crippen molar-refractivity contribution in [3.8, 4) is 0 Å². The number of thiophene rings is 1. The van der Waals surface area contributed by atoms with Gasteiger partial charge in [0.25, 0.3) is 0 Å². The molecule has 1 fully saturated rings. The Morgan fingerprint density at radius 1 is 1.55 bits per heavy atom. The van der Waals surface area contributed by atoms with Crippen LogP contribution in [0.2, 0.25) is 0 Å². The Kier molecular flexibility index (Phi) is 5.61. The molecule has 1 saturated carbocycles. The van der Waals surface area contributed by atoms with Gasteiger partial charge >= 0.3 is 0 Å². The number of hydrogen-bond donors (Lipinski definition) is 2. The van der Waals surface area contributed by atoms with Gasteiger partial charge in [-0.3, -0.25) is 0 Å². The Labute approximate surface area is 132 Å². The third-order valence-electron chi connectivity index (χ3n) is 2.91. The minimum absolute atomic E-state index is 0.259. The molecule has 0 aliphatic heterocycles. The van der Waals surface area contributed by atoms with E-state index in [4.69, 9.17) is 4.74 Å². The van der Waals surface area contributed by atoms with Crippen LogP contribution in [0.3, 0.4) is 0 Å². The summed E-state index contributed by atoms with van der Waals surface area (Å²) in [6, 6.07) is 2.08. The molecular weight excluding hydrogens is 364 g/mol. The maximum Gasteiger partial charge on any atom is 0.242 e. The number of nitrogens with one attached hydrogen (secondary N) is 2. The van der Waals surface area contributed by atoms with Gasteiger partial charge in [0.15, 0.2) is 0 Å². The maximum absolute atomic E-state index is 12.3. The lowest BCUT2D eigenvalue weighted by molar-refractivity contribution is 0.180. The molecule has 1 unspecified atom stereocenters. The summed E-state index contributed by atoms with van der Waals surface area (Å²) in [5.74, 6) is 0. The van der Waals surface area contributed by atoms with Crippen LogP contribution in [0.4, 0.5) is 0 Å². The first-order chi connectivity index (χ1) is 9.42. The molecule has 0 saturated heterocycles. The monoisotopic (exact) mass is 382 g/mol.